The van der Waals surface area contributed by atoms with E-state index >= 15 is 0 Å². The van der Waals surface area contributed by atoms with Gasteiger partial charge in [0.2, 0.25) is 15.9 Å². The molecular formula is C24H24Cl2N2O3S. The number of carbonyl (C=O) groups is 1. The van der Waals surface area contributed by atoms with Gasteiger partial charge in [0.15, 0.2) is 0 Å². The van der Waals surface area contributed by atoms with Crippen molar-refractivity contribution in [3.8, 4) is 0 Å². The van der Waals surface area contributed by atoms with Crippen LogP contribution in [-0.2, 0) is 14.8 Å². The van der Waals surface area contributed by atoms with Crippen molar-refractivity contribution in [2.24, 2.45) is 5.92 Å². The van der Waals surface area contributed by atoms with Crippen LogP contribution >= 0.6 is 23.2 Å². The van der Waals surface area contributed by atoms with E-state index in [1.165, 1.54) is 16.4 Å². The van der Waals surface area contributed by atoms with Gasteiger partial charge in [-0.3, -0.25) is 4.79 Å². The first-order valence-corrected chi connectivity index (χ1v) is 12.7. The third kappa shape index (κ3) is 4.64. The molecule has 1 heterocycles. The van der Waals surface area contributed by atoms with E-state index in [4.69, 9.17) is 23.2 Å². The summed E-state index contributed by atoms with van der Waals surface area (Å²) < 4.78 is 27.4. The molecule has 0 aliphatic carbocycles. The van der Waals surface area contributed by atoms with Gasteiger partial charge in [-0.15, -0.1) is 0 Å². The highest BCUT2D eigenvalue weighted by molar-refractivity contribution is 7.89. The van der Waals surface area contributed by atoms with Gasteiger partial charge in [0.25, 0.3) is 0 Å². The summed E-state index contributed by atoms with van der Waals surface area (Å²) in [6.07, 6.45) is 0.884. The Balaban J connectivity index is 1.40. The van der Waals surface area contributed by atoms with Gasteiger partial charge in [0.1, 0.15) is 4.90 Å². The van der Waals surface area contributed by atoms with E-state index in [0.29, 0.717) is 12.8 Å². The zero-order chi connectivity index (χ0) is 22.9. The fourth-order valence-corrected chi connectivity index (χ4v) is 6.67. The highest BCUT2D eigenvalue weighted by Crippen LogP contribution is 2.33. The topological polar surface area (TPSA) is 66.5 Å². The molecule has 168 valence electrons. The molecule has 1 atom stereocenters. The van der Waals surface area contributed by atoms with E-state index in [1.54, 1.807) is 6.07 Å². The highest BCUT2D eigenvalue weighted by atomic mass is 35.5. The maximum Gasteiger partial charge on any atom is 0.246 e. The number of fused-ring (bicyclic) bond motifs is 1. The molecule has 0 saturated carbocycles. The van der Waals surface area contributed by atoms with Gasteiger partial charge in [0.05, 0.1) is 16.1 Å². The Kier molecular flexibility index (Phi) is 6.77. The van der Waals surface area contributed by atoms with Crippen LogP contribution in [0.25, 0.3) is 10.8 Å². The first-order valence-electron chi connectivity index (χ1n) is 10.5. The average molecular weight is 491 g/mol. The number of piperidine rings is 1. The number of benzene rings is 3. The molecule has 1 saturated heterocycles. The zero-order valence-electron chi connectivity index (χ0n) is 17.6. The molecule has 0 spiro atoms. The number of amides is 1. The largest absolute Gasteiger partial charge is 0.349 e. The normalized spacial score (nSPS) is 16.7. The molecule has 0 aromatic heterocycles. The van der Waals surface area contributed by atoms with Gasteiger partial charge in [0, 0.05) is 19.0 Å². The zero-order valence-corrected chi connectivity index (χ0v) is 19.9. The third-order valence-electron chi connectivity index (χ3n) is 5.97. The predicted molar refractivity (Wildman–Crippen MR) is 128 cm³/mol. The van der Waals surface area contributed by atoms with Crippen LogP contribution in [0.5, 0.6) is 0 Å². The Hall–Kier alpha value is -2.12. The van der Waals surface area contributed by atoms with Crippen LogP contribution in [0.4, 0.5) is 0 Å². The molecule has 1 aliphatic rings. The number of nitrogens with zero attached hydrogens (tertiary/aromatic N) is 1. The van der Waals surface area contributed by atoms with Crippen LogP contribution in [0.3, 0.4) is 0 Å². The lowest BCUT2D eigenvalue weighted by atomic mass is 9.96. The molecule has 8 heteroatoms. The molecule has 1 fully saturated rings. The molecule has 0 radical (unpaired) electrons. The van der Waals surface area contributed by atoms with Crippen LogP contribution in [0.15, 0.2) is 65.6 Å². The quantitative estimate of drug-likeness (QED) is 0.518. The fraction of sp³-hybridized carbons (Fsp3) is 0.292. The van der Waals surface area contributed by atoms with Crippen molar-refractivity contribution < 1.29 is 13.2 Å². The van der Waals surface area contributed by atoms with Crippen molar-refractivity contribution in [2.45, 2.75) is 30.7 Å². The lowest BCUT2D eigenvalue weighted by Gasteiger charge is -2.31. The minimum Gasteiger partial charge on any atom is -0.349 e. The van der Waals surface area contributed by atoms with E-state index in [-0.39, 0.29) is 45.9 Å². The SMILES string of the molecule is CC(NC(=O)C1CCN(S(=O)(=O)c2c(Cl)cccc2Cl)CC1)c1ccc2ccccc2c1. The van der Waals surface area contributed by atoms with Crippen LogP contribution in [-0.4, -0.2) is 31.7 Å². The van der Waals surface area contributed by atoms with Crippen molar-refractivity contribution in [2.75, 3.05) is 13.1 Å². The minimum absolute atomic E-state index is 0.0570. The van der Waals surface area contributed by atoms with Crippen LogP contribution in [0.1, 0.15) is 31.4 Å². The molecule has 32 heavy (non-hydrogen) atoms. The lowest BCUT2D eigenvalue weighted by Crippen LogP contribution is -2.43. The summed E-state index contributed by atoms with van der Waals surface area (Å²) in [6, 6.07) is 18.7. The van der Waals surface area contributed by atoms with E-state index in [2.05, 4.69) is 29.6 Å². The summed E-state index contributed by atoms with van der Waals surface area (Å²) in [4.78, 5) is 12.8. The van der Waals surface area contributed by atoms with Gasteiger partial charge in [-0.25, -0.2) is 8.42 Å². The molecule has 1 N–H and O–H groups in total. The summed E-state index contributed by atoms with van der Waals surface area (Å²) >= 11 is 12.2. The molecule has 0 bridgehead atoms. The monoisotopic (exact) mass is 490 g/mol. The van der Waals surface area contributed by atoms with Gasteiger partial charge < -0.3 is 5.32 Å². The standard InChI is InChI=1S/C24H24Cl2N2O3S/c1-16(19-10-9-17-5-2-3-6-20(17)15-19)27-24(29)18-11-13-28(14-12-18)32(30,31)23-21(25)7-4-8-22(23)26/h2-10,15-16,18H,11-14H2,1H3,(H,27,29). The van der Waals surface area contributed by atoms with Gasteiger partial charge >= 0.3 is 0 Å². The van der Waals surface area contributed by atoms with Gasteiger partial charge in [-0.2, -0.15) is 4.31 Å². The molecule has 1 aliphatic heterocycles. The summed E-state index contributed by atoms with van der Waals surface area (Å²) in [5.41, 5.74) is 1.03. The molecule has 1 unspecified atom stereocenters. The van der Waals surface area contributed by atoms with E-state index < -0.39 is 10.0 Å². The summed E-state index contributed by atoms with van der Waals surface area (Å²) in [5.74, 6) is -0.301. The number of nitrogens with one attached hydrogen (secondary N) is 1. The Labute approximate surface area is 198 Å². The van der Waals surface area contributed by atoms with Crippen molar-refractivity contribution in [1.29, 1.82) is 0 Å². The number of sulfonamides is 1. The number of carbonyl (C=O) groups excluding carboxylic acids is 1. The average Bonchev–Trinajstić information content (AvgIpc) is 2.78. The Morgan fingerprint density at radius 2 is 1.59 bits per heavy atom. The van der Waals surface area contributed by atoms with Crippen molar-refractivity contribution in [3.05, 3.63) is 76.3 Å². The molecular weight excluding hydrogens is 467 g/mol. The van der Waals surface area contributed by atoms with E-state index in [1.807, 2.05) is 25.1 Å². The Morgan fingerprint density at radius 3 is 2.25 bits per heavy atom. The van der Waals surface area contributed by atoms with Crippen molar-refractivity contribution >= 4 is 49.9 Å². The second-order valence-electron chi connectivity index (χ2n) is 8.07. The Bertz CT molecular complexity index is 1230. The highest BCUT2D eigenvalue weighted by Gasteiger charge is 2.34. The molecule has 5 nitrogen and oxygen atoms in total. The van der Waals surface area contributed by atoms with Crippen LogP contribution in [0.2, 0.25) is 10.0 Å². The smallest absolute Gasteiger partial charge is 0.246 e. The minimum atomic E-state index is -3.82. The third-order valence-corrected chi connectivity index (χ3v) is 8.83. The molecule has 3 aromatic rings. The number of halogens is 2. The maximum atomic E-state index is 13.0. The number of rotatable bonds is 5. The first-order chi connectivity index (χ1) is 15.3. The van der Waals surface area contributed by atoms with E-state index in [0.717, 1.165) is 16.3 Å². The molecule has 3 aromatic carbocycles. The molecule has 1 amide bonds. The summed E-state index contributed by atoms with van der Waals surface area (Å²) in [5, 5.41) is 5.56. The van der Waals surface area contributed by atoms with Crippen LogP contribution < -0.4 is 5.32 Å². The second kappa shape index (κ2) is 9.40. The summed E-state index contributed by atoms with van der Waals surface area (Å²) in [6.45, 7) is 2.44. The molecule has 4 rings (SSSR count). The predicted octanol–water partition coefficient (Wildman–Crippen LogP) is 5.42. The first kappa shape index (κ1) is 23.1. The maximum absolute atomic E-state index is 13.0. The second-order valence-corrected chi connectivity index (χ2v) is 10.8. The number of hydrogen-bond donors (Lipinski definition) is 1. The van der Waals surface area contributed by atoms with Gasteiger partial charge in [-0.05, 0) is 54.3 Å². The van der Waals surface area contributed by atoms with Crippen molar-refractivity contribution in [3.63, 3.8) is 0 Å². The van der Waals surface area contributed by atoms with Gasteiger partial charge in [-0.1, -0.05) is 65.7 Å². The van der Waals surface area contributed by atoms with Crippen molar-refractivity contribution in [1.82, 2.24) is 9.62 Å². The Morgan fingerprint density at radius 1 is 0.969 bits per heavy atom. The van der Waals surface area contributed by atoms with Crippen LogP contribution in [0, 0.1) is 5.92 Å². The summed E-state index contributed by atoms with van der Waals surface area (Å²) in [7, 11) is -3.82. The lowest BCUT2D eigenvalue weighted by molar-refractivity contribution is -0.126. The number of hydrogen-bond acceptors (Lipinski definition) is 3. The van der Waals surface area contributed by atoms with E-state index in [9.17, 15) is 13.2 Å². The fourth-order valence-electron chi connectivity index (χ4n) is 4.11.